The number of carbonyl (C=O) groups excluding carboxylic acids is 3. The summed E-state index contributed by atoms with van der Waals surface area (Å²) in [5.41, 5.74) is 0.0401. The van der Waals surface area contributed by atoms with Gasteiger partial charge in [-0.15, -0.1) is 0 Å². The van der Waals surface area contributed by atoms with Crippen LogP contribution in [0, 0.1) is 5.82 Å². The summed E-state index contributed by atoms with van der Waals surface area (Å²) >= 11 is 0. The first-order valence-electron chi connectivity index (χ1n) is 14.7. The van der Waals surface area contributed by atoms with Gasteiger partial charge in [-0.2, -0.15) is 0 Å². The van der Waals surface area contributed by atoms with E-state index in [0.717, 1.165) is 5.56 Å². The van der Waals surface area contributed by atoms with Crippen LogP contribution in [-0.2, 0) is 17.9 Å². The molecule has 3 aromatic rings. The van der Waals surface area contributed by atoms with Crippen molar-refractivity contribution in [1.82, 2.24) is 14.9 Å². The molecule has 0 atom stereocenters. The molecule has 0 fully saturated rings. The van der Waals surface area contributed by atoms with Crippen LogP contribution in [-0.4, -0.2) is 46.6 Å². The zero-order valence-corrected chi connectivity index (χ0v) is 24.8. The molecule has 2 aliphatic heterocycles. The first-order chi connectivity index (χ1) is 21.2. The molecule has 0 unspecified atom stereocenters. The lowest BCUT2D eigenvalue weighted by Crippen LogP contribution is -2.58. The topological polar surface area (TPSA) is 110 Å². The van der Waals surface area contributed by atoms with Gasteiger partial charge in [-0.05, 0) is 44.7 Å². The third-order valence-electron chi connectivity index (χ3n) is 7.48. The summed E-state index contributed by atoms with van der Waals surface area (Å²) < 4.78 is 27.1. The number of fused-ring (bicyclic) bond motifs is 2. The Labute approximate surface area is 254 Å². The zero-order valence-electron chi connectivity index (χ0n) is 24.8. The molecule has 0 radical (unpaired) electrons. The van der Waals surface area contributed by atoms with Gasteiger partial charge in [-0.25, -0.2) is 14.1 Å². The number of aromatic nitrogens is 1. The Kier molecular flexibility index (Phi) is 9.42. The molecule has 2 aromatic carbocycles. The number of ether oxygens (including phenoxy) is 2. The van der Waals surface area contributed by atoms with Crippen LogP contribution in [0.25, 0.3) is 0 Å². The van der Waals surface area contributed by atoms with Gasteiger partial charge in [0.25, 0.3) is 11.8 Å². The summed E-state index contributed by atoms with van der Waals surface area (Å²) in [5, 5.41) is 4.09. The number of benzene rings is 2. The molecule has 3 amide bonds. The highest BCUT2D eigenvalue weighted by Gasteiger charge is 2.38. The molecule has 230 valence electrons. The van der Waals surface area contributed by atoms with Gasteiger partial charge in [0.2, 0.25) is 11.3 Å². The lowest BCUT2D eigenvalue weighted by Gasteiger charge is -2.40. The summed E-state index contributed by atoms with van der Waals surface area (Å²) in [6.07, 6.45) is 7.04. The minimum absolute atomic E-state index is 0.0420. The van der Waals surface area contributed by atoms with E-state index < -0.39 is 23.1 Å². The largest absolute Gasteiger partial charge is 0.493 e. The fourth-order valence-corrected chi connectivity index (χ4v) is 5.05. The lowest BCUT2D eigenvalue weighted by molar-refractivity contribution is -0.121. The molecule has 0 aliphatic carbocycles. The number of halogens is 1. The van der Waals surface area contributed by atoms with Crippen LogP contribution in [0.5, 0.6) is 11.5 Å². The highest BCUT2D eigenvalue weighted by Crippen LogP contribution is 2.26. The Hall–Kier alpha value is -4.93. The molecule has 10 nitrogen and oxygen atoms in total. The molecule has 0 saturated carbocycles. The second kappa shape index (κ2) is 13.6. The van der Waals surface area contributed by atoms with Gasteiger partial charge in [-0.3, -0.25) is 19.2 Å². The second-order valence-electron chi connectivity index (χ2n) is 10.9. The van der Waals surface area contributed by atoms with E-state index >= 15 is 0 Å². The third-order valence-corrected chi connectivity index (χ3v) is 7.48. The Morgan fingerprint density at radius 1 is 1.02 bits per heavy atom. The number of hydrogen-bond donors (Lipinski definition) is 1. The van der Waals surface area contributed by atoms with Crippen LogP contribution < -0.4 is 25.2 Å². The highest BCUT2D eigenvalue weighted by atomic mass is 19.1. The first-order valence-corrected chi connectivity index (χ1v) is 14.7. The Bertz CT molecular complexity index is 1640. The monoisotopic (exact) mass is 602 g/mol. The molecular weight excluding hydrogens is 567 g/mol. The van der Waals surface area contributed by atoms with Gasteiger partial charge in [0.05, 0.1) is 6.61 Å². The van der Waals surface area contributed by atoms with Crippen molar-refractivity contribution in [3.05, 3.63) is 105 Å². The molecule has 2 bridgehead atoms. The Morgan fingerprint density at radius 2 is 1.80 bits per heavy atom. The van der Waals surface area contributed by atoms with Gasteiger partial charge >= 0.3 is 0 Å². The molecule has 11 heteroatoms. The van der Waals surface area contributed by atoms with Crippen LogP contribution in [0.1, 0.15) is 71.5 Å². The van der Waals surface area contributed by atoms with Gasteiger partial charge in [0.1, 0.15) is 30.4 Å². The molecule has 3 heterocycles. The van der Waals surface area contributed by atoms with Crippen LogP contribution in [0.15, 0.2) is 71.7 Å². The highest BCUT2D eigenvalue weighted by molar-refractivity contribution is 6.01. The molecule has 0 spiro atoms. The quantitative estimate of drug-likeness (QED) is 0.447. The van der Waals surface area contributed by atoms with E-state index in [1.54, 1.807) is 0 Å². The number of amides is 3. The van der Waals surface area contributed by atoms with Gasteiger partial charge < -0.3 is 19.7 Å². The number of pyridine rings is 1. The van der Waals surface area contributed by atoms with E-state index in [2.05, 4.69) is 5.32 Å². The van der Waals surface area contributed by atoms with Crippen molar-refractivity contribution in [3.63, 3.8) is 0 Å². The van der Waals surface area contributed by atoms with Crippen molar-refractivity contribution in [1.29, 1.82) is 0 Å². The summed E-state index contributed by atoms with van der Waals surface area (Å²) in [5.74, 6) is -2.04. The smallest absolute Gasteiger partial charge is 0.278 e. The van der Waals surface area contributed by atoms with Gasteiger partial charge in [0.15, 0.2) is 11.4 Å². The predicted octanol–water partition coefficient (Wildman–Crippen LogP) is 4.29. The maximum atomic E-state index is 14.0. The maximum absolute atomic E-state index is 14.0. The number of hydrogen-bond acceptors (Lipinski definition) is 6. The van der Waals surface area contributed by atoms with E-state index in [-0.39, 0.29) is 60.9 Å². The van der Waals surface area contributed by atoms with Crippen molar-refractivity contribution in [2.45, 2.75) is 58.7 Å². The maximum Gasteiger partial charge on any atom is 0.278 e. The van der Waals surface area contributed by atoms with Crippen LogP contribution in [0.2, 0.25) is 0 Å². The molecule has 0 saturated heterocycles. The van der Waals surface area contributed by atoms with Crippen molar-refractivity contribution in [3.8, 4) is 11.5 Å². The second-order valence-corrected chi connectivity index (χ2v) is 10.9. The molecule has 44 heavy (non-hydrogen) atoms. The number of carbonyl (C=O) groups is 3. The van der Waals surface area contributed by atoms with Crippen molar-refractivity contribution in [2.24, 2.45) is 0 Å². The third kappa shape index (κ3) is 6.66. The zero-order chi connectivity index (χ0) is 31.2. The SMILES string of the molecule is CC(C)N1CN2C(=O)CCC/C=C\CCOc3cc(F)ccc3CNC(=O)c3cn2c(c(OCc2ccccc2)c3=O)C1=O. The summed E-state index contributed by atoms with van der Waals surface area (Å²) in [7, 11) is 0. The summed E-state index contributed by atoms with van der Waals surface area (Å²) in [6.45, 7) is 3.78. The van der Waals surface area contributed by atoms with E-state index in [4.69, 9.17) is 9.47 Å². The minimum Gasteiger partial charge on any atom is -0.493 e. The molecule has 2 aliphatic rings. The lowest BCUT2D eigenvalue weighted by atomic mass is 10.1. The number of allylic oxidation sites excluding steroid dienone is 1. The van der Waals surface area contributed by atoms with E-state index in [0.29, 0.717) is 31.4 Å². The van der Waals surface area contributed by atoms with Gasteiger partial charge in [-0.1, -0.05) is 48.6 Å². The minimum atomic E-state index is -0.786. The van der Waals surface area contributed by atoms with Crippen LogP contribution >= 0.6 is 0 Å². The fourth-order valence-electron chi connectivity index (χ4n) is 5.05. The molecule has 1 aromatic heterocycles. The van der Waals surface area contributed by atoms with E-state index in [9.17, 15) is 23.6 Å². The first kappa shape index (κ1) is 30.5. The fraction of sp³-hybridized carbons (Fsp3) is 0.333. The normalized spacial score (nSPS) is 16.9. The number of nitrogens with one attached hydrogen (secondary N) is 1. The van der Waals surface area contributed by atoms with Crippen LogP contribution in [0.4, 0.5) is 4.39 Å². The summed E-state index contributed by atoms with van der Waals surface area (Å²) in [6, 6.07) is 12.8. The van der Waals surface area contributed by atoms with Crippen LogP contribution in [0.3, 0.4) is 0 Å². The van der Waals surface area contributed by atoms with Crippen molar-refractivity contribution < 1.29 is 28.2 Å². The summed E-state index contributed by atoms with van der Waals surface area (Å²) in [4.78, 5) is 56.3. The van der Waals surface area contributed by atoms with Gasteiger partial charge in [0, 0.05) is 36.8 Å². The van der Waals surface area contributed by atoms with Crippen molar-refractivity contribution in [2.75, 3.05) is 18.3 Å². The number of rotatable bonds is 4. The average Bonchev–Trinajstić information content (AvgIpc) is 3.01. The average molecular weight is 603 g/mol. The van der Waals surface area contributed by atoms with E-state index in [1.165, 1.54) is 39.0 Å². The number of nitrogens with zero attached hydrogens (tertiary/aromatic N) is 3. The standard InChI is InChI=1S/C33H35FN4O6/c1-22(2)36-21-38-28(39)13-9-4-3-5-10-16-43-27-17-25(34)15-14-24(27)18-35-32(41)26-19-37(38)29(33(36)42)31(30(26)40)44-20-23-11-7-6-8-12-23/h3,5-8,11-12,14-15,17,19,22H,4,9-10,13,16,18,20-21H2,1-2H3,(H,35,41)/b5-3-. The molecule has 5 rings (SSSR count). The predicted molar refractivity (Wildman–Crippen MR) is 162 cm³/mol. The van der Waals surface area contributed by atoms with E-state index in [1.807, 2.05) is 56.3 Å². The van der Waals surface area contributed by atoms with Crippen molar-refractivity contribution >= 4 is 17.7 Å². The molecular formula is C33H35FN4O6. The Morgan fingerprint density at radius 3 is 2.57 bits per heavy atom. The Balaban J connectivity index is 1.61. The molecule has 1 N–H and O–H groups in total.